The Kier molecular flexibility index (Phi) is 4.66. The van der Waals surface area contributed by atoms with Gasteiger partial charge in [-0.1, -0.05) is 19.9 Å². The van der Waals surface area contributed by atoms with Gasteiger partial charge < -0.3 is 5.32 Å². The van der Waals surface area contributed by atoms with Crippen LogP contribution in [-0.2, 0) is 13.0 Å². The molecular formula is C15H21N3S. The Morgan fingerprint density at radius 2 is 1.89 bits per heavy atom. The van der Waals surface area contributed by atoms with E-state index < -0.39 is 0 Å². The number of aryl methyl sites for hydroxylation is 2. The van der Waals surface area contributed by atoms with E-state index >= 15 is 0 Å². The van der Waals surface area contributed by atoms with Crippen LogP contribution >= 0.6 is 11.3 Å². The summed E-state index contributed by atoms with van der Waals surface area (Å²) in [6.45, 7) is 9.29. The fourth-order valence-corrected chi connectivity index (χ4v) is 2.72. The quantitative estimate of drug-likeness (QED) is 0.910. The molecule has 2 aromatic rings. The van der Waals surface area contributed by atoms with Crippen molar-refractivity contribution < 1.29 is 0 Å². The number of nitrogens with zero attached hydrogens (tertiary/aromatic N) is 2. The molecule has 0 amide bonds. The minimum absolute atomic E-state index is 0.476. The highest BCUT2D eigenvalue weighted by Crippen LogP contribution is 2.15. The topological polar surface area (TPSA) is 37.8 Å². The van der Waals surface area contributed by atoms with Gasteiger partial charge in [0.2, 0.25) is 0 Å². The van der Waals surface area contributed by atoms with E-state index in [0.717, 1.165) is 30.2 Å². The Morgan fingerprint density at radius 3 is 2.42 bits per heavy atom. The Morgan fingerprint density at radius 1 is 1.21 bits per heavy atom. The molecule has 0 saturated carbocycles. The smallest absolute Gasteiger partial charge is 0.134 e. The normalized spacial score (nSPS) is 11.2. The van der Waals surface area contributed by atoms with Crippen LogP contribution in [-0.4, -0.2) is 16.0 Å². The molecule has 0 unspecified atom stereocenters. The van der Waals surface area contributed by atoms with Gasteiger partial charge in [-0.2, -0.15) is 0 Å². The van der Waals surface area contributed by atoms with Crippen LogP contribution in [0.5, 0.6) is 0 Å². The minimum Gasteiger partial charge on any atom is -0.310 e. The first-order valence-electron chi connectivity index (χ1n) is 6.65. The van der Waals surface area contributed by atoms with E-state index in [0.29, 0.717) is 6.04 Å². The van der Waals surface area contributed by atoms with Crippen LogP contribution in [0.2, 0.25) is 0 Å². The summed E-state index contributed by atoms with van der Waals surface area (Å²) in [6, 6.07) is 4.68. The van der Waals surface area contributed by atoms with Gasteiger partial charge in [0, 0.05) is 40.8 Å². The van der Waals surface area contributed by atoms with E-state index in [9.17, 15) is 0 Å². The van der Waals surface area contributed by atoms with Gasteiger partial charge in [-0.15, -0.1) is 11.3 Å². The monoisotopic (exact) mass is 275 g/mol. The summed E-state index contributed by atoms with van der Waals surface area (Å²) in [6.07, 6.45) is 0.831. The highest BCUT2D eigenvalue weighted by molar-refractivity contribution is 7.09. The second-order valence-electron chi connectivity index (χ2n) is 5.08. The van der Waals surface area contributed by atoms with E-state index in [4.69, 9.17) is 0 Å². The minimum atomic E-state index is 0.476. The third-order valence-corrected chi connectivity index (χ3v) is 3.94. The van der Waals surface area contributed by atoms with Gasteiger partial charge >= 0.3 is 0 Å². The predicted octanol–water partition coefficient (Wildman–Crippen LogP) is 3.24. The first-order chi connectivity index (χ1) is 9.06. The van der Waals surface area contributed by atoms with Gasteiger partial charge in [-0.3, -0.25) is 0 Å². The lowest BCUT2D eigenvalue weighted by Crippen LogP contribution is -2.23. The van der Waals surface area contributed by atoms with Gasteiger partial charge in [0.05, 0.1) is 0 Å². The Bertz CT molecular complexity index is 509. The summed E-state index contributed by atoms with van der Waals surface area (Å²) in [5.74, 6) is 0.922. The van der Waals surface area contributed by atoms with E-state index in [1.54, 1.807) is 11.3 Å². The van der Waals surface area contributed by atoms with Crippen molar-refractivity contribution in [2.75, 3.05) is 0 Å². The van der Waals surface area contributed by atoms with Gasteiger partial charge in [-0.25, -0.2) is 9.97 Å². The van der Waals surface area contributed by atoms with Crippen molar-refractivity contribution in [2.45, 2.75) is 46.7 Å². The van der Waals surface area contributed by atoms with Crippen molar-refractivity contribution in [1.82, 2.24) is 15.3 Å². The second-order valence-corrected chi connectivity index (χ2v) is 6.11. The molecule has 4 heteroatoms. The summed E-state index contributed by atoms with van der Waals surface area (Å²) in [4.78, 5) is 10.6. The SMILES string of the molecule is Cc1nc(Cc2cccs2)nc(C)c1CNC(C)C. The Hall–Kier alpha value is -1.26. The Labute approximate surface area is 119 Å². The largest absolute Gasteiger partial charge is 0.310 e. The molecule has 3 nitrogen and oxygen atoms in total. The molecule has 2 heterocycles. The third-order valence-electron chi connectivity index (χ3n) is 3.07. The Balaban J connectivity index is 2.16. The molecule has 0 saturated heterocycles. The van der Waals surface area contributed by atoms with E-state index in [2.05, 4.69) is 60.5 Å². The molecule has 0 fully saturated rings. The maximum atomic E-state index is 4.64. The molecule has 0 aliphatic carbocycles. The van der Waals surface area contributed by atoms with Crippen LogP contribution in [0.4, 0.5) is 0 Å². The van der Waals surface area contributed by atoms with Gasteiger partial charge in [-0.05, 0) is 25.3 Å². The van der Waals surface area contributed by atoms with Crippen LogP contribution < -0.4 is 5.32 Å². The first-order valence-corrected chi connectivity index (χ1v) is 7.53. The number of aromatic nitrogens is 2. The molecular weight excluding hydrogens is 254 g/mol. The summed E-state index contributed by atoms with van der Waals surface area (Å²) in [5.41, 5.74) is 3.41. The molecule has 0 bridgehead atoms. The van der Waals surface area contributed by atoms with Crippen molar-refractivity contribution in [1.29, 1.82) is 0 Å². The van der Waals surface area contributed by atoms with E-state index in [1.807, 2.05) is 0 Å². The first kappa shape index (κ1) is 14.2. The highest BCUT2D eigenvalue weighted by Gasteiger charge is 2.09. The van der Waals surface area contributed by atoms with Crippen molar-refractivity contribution in [2.24, 2.45) is 0 Å². The molecule has 2 aromatic heterocycles. The second kappa shape index (κ2) is 6.26. The zero-order chi connectivity index (χ0) is 13.8. The molecule has 19 heavy (non-hydrogen) atoms. The van der Waals surface area contributed by atoms with Crippen molar-refractivity contribution in [3.05, 3.63) is 45.2 Å². The molecule has 0 atom stereocenters. The van der Waals surface area contributed by atoms with Crippen molar-refractivity contribution in [3.8, 4) is 0 Å². The summed E-state index contributed by atoms with van der Waals surface area (Å²) < 4.78 is 0. The highest BCUT2D eigenvalue weighted by atomic mass is 32.1. The standard InChI is InChI=1S/C15H21N3S/c1-10(2)16-9-14-11(3)17-15(18-12(14)4)8-13-6-5-7-19-13/h5-7,10,16H,8-9H2,1-4H3. The number of hydrogen-bond donors (Lipinski definition) is 1. The lowest BCUT2D eigenvalue weighted by atomic mass is 10.1. The fraction of sp³-hybridized carbons (Fsp3) is 0.467. The number of rotatable bonds is 5. The fourth-order valence-electron chi connectivity index (χ4n) is 2.02. The third kappa shape index (κ3) is 3.85. The average molecular weight is 275 g/mol. The molecule has 0 aliphatic heterocycles. The average Bonchev–Trinajstić information content (AvgIpc) is 2.80. The molecule has 0 aromatic carbocycles. The maximum absolute atomic E-state index is 4.64. The molecule has 0 radical (unpaired) electrons. The maximum Gasteiger partial charge on any atom is 0.134 e. The number of hydrogen-bond acceptors (Lipinski definition) is 4. The number of thiophene rings is 1. The van der Waals surface area contributed by atoms with Gasteiger partial charge in [0.1, 0.15) is 5.82 Å². The predicted molar refractivity (Wildman–Crippen MR) is 80.6 cm³/mol. The van der Waals surface area contributed by atoms with Crippen molar-refractivity contribution in [3.63, 3.8) is 0 Å². The van der Waals surface area contributed by atoms with Crippen LogP contribution in [0.3, 0.4) is 0 Å². The summed E-state index contributed by atoms with van der Waals surface area (Å²) in [7, 11) is 0. The van der Waals surface area contributed by atoms with Crippen LogP contribution in [0.15, 0.2) is 17.5 Å². The zero-order valence-electron chi connectivity index (χ0n) is 12.0. The van der Waals surface area contributed by atoms with Crippen LogP contribution in [0, 0.1) is 13.8 Å². The molecule has 0 spiro atoms. The van der Waals surface area contributed by atoms with E-state index in [1.165, 1.54) is 10.4 Å². The number of nitrogens with one attached hydrogen (secondary N) is 1. The van der Waals surface area contributed by atoms with Crippen LogP contribution in [0.25, 0.3) is 0 Å². The molecule has 1 N–H and O–H groups in total. The van der Waals surface area contributed by atoms with Crippen LogP contribution in [0.1, 0.15) is 41.5 Å². The van der Waals surface area contributed by atoms with E-state index in [-0.39, 0.29) is 0 Å². The van der Waals surface area contributed by atoms with Gasteiger partial charge in [0.15, 0.2) is 0 Å². The van der Waals surface area contributed by atoms with Crippen molar-refractivity contribution >= 4 is 11.3 Å². The summed E-state index contributed by atoms with van der Waals surface area (Å²) >= 11 is 1.76. The summed E-state index contributed by atoms with van der Waals surface area (Å²) in [5, 5.41) is 5.52. The molecule has 2 rings (SSSR count). The molecule has 102 valence electrons. The lowest BCUT2D eigenvalue weighted by Gasteiger charge is -2.13. The van der Waals surface area contributed by atoms with Gasteiger partial charge in [0.25, 0.3) is 0 Å². The zero-order valence-corrected chi connectivity index (χ0v) is 12.8. The molecule has 0 aliphatic rings. The lowest BCUT2D eigenvalue weighted by molar-refractivity contribution is 0.582.